The van der Waals surface area contributed by atoms with Crippen LogP contribution in [0.5, 0.6) is 0 Å². The van der Waals surface area contributed by atoms with Crippen LogP contribution in [0, 0.1) is 0 Å². The molecule has 0 aliphatic rings. The highest BCUT2D eigenvalue weighted by Gasteiger charge is 2.03. The third-order valence-electron chi connectivity index (χ3n) is 1.92. The van der Waals surface area contributed by atoms with Gasteiger partial charge in [0.05, 0.1) is 7.11 Å². The average molecular weight is 222 g/mol. The summed E-state index contributed by atoms with van der Waals surface area (Å²) in [5, 5.41) is 5.00. The van der Waals surface area contributed by atoms with E-state index in [1.807, 2.05) is 30.3 Å². The fourth-order valence-electron chi connectivity index (χ4n) is 1.07. The van der Waals surface area contributed by atoms with Crippen LogP contribution in [-0.2, 0) is 16.1 Å². The highest BCUT2D eigenvalue weighted by atomic mass is 16.5. The molecule has 86 valence electrons. The number of rotatable bonds is 4. The van der Waals surface area contributed by atoms with Gasteiger partial charge in [-0.3, -0.25) is 4.79 Å². The Bertz CT molecular complexity index is 352. The maximum absolute atomic E-state index is 11.2. The number of carbonyl (C=O) groups is 2. The lowest BCUT2D eigenvalue weighted by molar-refractivity contribution is -0.139. The molecule has 0 saturated heterocycles. The molecule has 5 heteroatoms. The number of benzene rings is 1. The van der Waals surface area contributed by atoms with Crippen molar-refractivity contribution in [2.24, 2.45) is 0 Å². The molecule has 0 unspecified atom stereocenters. The van der Waals surface area contributed by atoms with E-state index in [1.165, 1.54) is 7.11 Å². The summed E-state index contributed by atoms with van der Waals surface area (Å²) < 4.78 is 4.38. The lowest BCUT2D eigenvalue weighted by Gasteiger charge is -2.06. The minimum Gasteiger partial charge on any atom is -0.468 e. The SMILES string of the molecule is COC(=O)CNC(=O)NCc1ccccc1. The molecular formula is C11H14N2O3. The second-order valence-electron chi connectivity index (χ2n) is 3.10. The Balaban J connectivity index is 2.23. The van der Waals surface area contributed by atoms with Crippen LogP contribution >= 0.6 is 0 Å². The number of esters is 1. The fraction of sp³-hybridized carbons (Fsp3) is 0.273. The zero-order valence-corrected chi connectivity index (χ0v) is 9.03. The van der Waals surface area contributed by atoms with Gasteiger partial charge in [-0.05, 0) is 5.56 Å². The molecule has 2 N–H and O–H groups in total. The Hall–Kier alpha value is -2.04. The van der Waals surface area contributed by atoms with Gasteiger partial charge in [-0.15, -0.1) is 0 Å². The smallest absolute Gasteiger partial charge is 0.325 e. The Labute approximate surface area is 93.8 Å². The Morgan fingerprint density at radius 1 is 1.19 bits per heavy atom. The molecule has 0 atom stereocenters. The van der Waals surface area contributed by atoms with Crippen LogP contribution in [0.4, 0.5) is 4.79 Å². The van der Waals surface area contributed by atoms with Crippen molar-refractivity contribution < 1.29 is 14.3 Å². The normalized spacial score (nSPS) is 9.31. The number of ether oxygens (including phenoxy) is 1. The number of carbonyl (C=O) groups excluding carboxylic acids is 2. The molecule has 1 aromatic rings. The quantitative estimate of drug-likeness (QED) is 0.735. The second kappa shape index (κ2) is 6.44. The van der Waals surface area contributed by atoms with Gasteiger partial charge >= 0.3 is 12.0 Å². The average Bonchev–Trinajstić information content (AvgIpc) is 2.34. The van der Waals surface area contributed by atoms with Crippen molar-refractivity contribution in [3.05, 3.63) is 35.9 Å². The van der Waals surface area contributed by atoms with E-state index in [9.17, 15) is 9.59 Å². The van der Waals surface area contributed by atoms with Crippen LogP contribution < -0.4 is 10.6 Å². The predicted molar refractivity (Wildman–Crippen MR) is 58.7 cm³/mol. The first-order valence-electron chi connectivity index (χ1n) is 4.85. The van der Waals surface area contributed by atoms with E-state index in [4.69, 9.17) is 0 Å². The number of nitrogens with one attached hydrogen (secondary N) is 2. The molecule has 1 rings (SSSR count). The Morgan fingerprint density at radius 3 is 2.50 bits per heavy atom. The van der Waals surface area contributed by atoms with Gasteiger partial charge in [-0.2, -0.15) is 0 Å². The number of urea groups is 1. The molecule has 0 aliphatic carbocycles. The van der Waals surface area contributed by atoms with Crippen LogP contribution in [0.15, 0.2) is 30.3 Å². The summed E-state index contributed by atoms with van der Waals surface area (Å²) in [6, 6.07) is 9.10. The van der Waals surface area contributed by atoms with Gasteiger partial charge in [0.15, 0.2) is 0 Å². The lowest BCUT2D eigenvalue weighted by atomic mass is 10.2. The topological polar surface area (TPSA) is 67.4 Å². The van der Waals surface area contributed by atoms with Crippen molar-refractivity contribution >= 4 is 12.0 Å². The van der Waals surface area contributed by atoms with Gasteiger partial charge in [0.2, 0.25) is 0 Å². The third-order valence-corrected chi connectivity index (χ3v) is 1.92. The number of hydrogen-bond donors (Lipinski definition) is 2. The van der Waals surface area contributed by atoms with E-state index in [0.29, 0.717) is 6.54 Å². The summed E-state index contributed by atoms with van der Waals surface area (Å²) in [7, 11) is 1.27. The van der Waals surface area contributed by atoms with Crippen molar-refractivity contribution in [1.82, 2.24) is 10.6 Å². The number of hydrogen-bond acceptors (Lipinski definition) is 3. The summed E-state index contributed by atoms with van der Waals surface area (Å²) in [4.78, 5) is 21.9. The van der Waals surface area contributed by atoms with Crippen molar-refractivity contribution in [2.75, 3.05) is 13.7 Å². The minimum atomic E-state index is -0.477. The van der Waals surface area contributed by atoms with Crippen molar-refractivity contribution in [3.63, 3.8) is 0 Å². The molecule has 0 heterocycles. The monoisotopic (exact) mass is 222 g/mol. The minimum absolute atomic E-state index is 0.128. The highest BCUT2D eigenvalue weighted by molar-refractivity contribution is 5.80. The van der Waals surface area contributed by atoms with E-state index >= 15 is 0 Å². The maximum Gasteiger partial charge on any atom is 0.325 e. The molecule has 2 amide bonds. The summed E-state index contributed by atoms with van der Waals surface area (Å²) in [5.74, 6) is -0.477. The Kier molecular flexibility index (Phi) is 4.85. The molecule has 0 aromatic heterocycles. The van der Waals surface area contributed by atoms with Gasteiger partial charge in [-0.25, -0.2) is 4.79 Å². The van der Waals surface area contributed by atoms with Gasteiger partial charge in [-0.1, -0.05) is 30.3 Å². The zero-order valence-electron chi connectivity index (χ0n) is 9.03. The molecule has 0 saturated carbocycles. The number of amides is 2. The van der Waals surface area contributed by atoms with Crippen LogP contribution in [0.2, 0.25) is 0 Å². The van der Waals surface area contributed by atoms with Gasteiger partial charge < -0.3 is 15.4 Å². The van der Waals surface area contributed by atoms with Crippen LogP contribution in [0.25, 0.3) is 0 Å². The molecule has 1 aromatic carbocycles. The first kappa shape index (κ1) is 12.0. The molecule has 5 nitrogen and oxygen atoms in total. The zero-order chi connectivity index (χ0) is 11.8. The first-order chi connectivity index (χ1) is 7.72. The van der Waals surface area contributed by atoms with Crippen molar-refractivity contribution in [3.8, 4) is 0 Å². The molecule has 0 spiro atoms. The van der Waals surface area contributed by atoms with E-state index in [0.717, 1.165) is 5.56 Å². The summed E-state index contributed by atoms with van der Waals surface area (Å²) in [5.41, 5.74) is 0.996. The lowest BCUT2D eigenvalue weighted by Crippen LogP contribution is -2.38. The molecule has 0 radical (unpaired) electrons. The standard InChI is InChI=1S/C11H14N2O3/c1-16-10(14)8-13-11(15)12-7-9-5-3-2-4-6-9/h2-6H,7-8H2,1H3,(H2,12,13,15). The summed E-state index contributed by atoms with van der Waals surface area (Å²) in [6.45, 7) is 0.297. The van der Waals surface area contributed by atoms with E-state index < -0.39 is 12.0 Å². The molecule has 0 bridgehead atoms. The second-order valence-corrected chi connectivity index (χ2v) is 3.10. The van der Waals surface area contributed by atoms with E-state index in [-0.39, 0.29) is 6.54 Å². The van der Waals surface area contributed by atoms with E-state index in [2.05, 4.69) is 15.4 Å². The third kappa shape index (κ3) is 4.45. The molecule has 0 fully saturated rings. The molecule has 0 aliphatic heterocycles. The first-order valence-corrected chi connectivity index (χ1v) is 4.85. The largest absolute Gasteiger partial charge is 0.468 e. The molecular weight excluding hydrogens is 208 g/mol. The summed E-state index contributed by atoms with van der Waals surface area (Å²) in [6.07, 6.45) is 0. The van der Waals surface area contributed by atoms with Crippen molar-refractivity contribution in [2.45, 2.75) is 6.54 Å². The van der Waals surface area contributed by atoms with Gasteiger partial charge in [0, 0.05) is 6.54 Å². The molecule has 16 heavy (non-hydrogen) atoms. The highest BCUT2D eigenvalue weighted by Crippen LogP contribution is 1.96. The maximum atomic E-state index is 11.2. The van der Waals surface area contributed by atoms with Crippen molar-refractivity contribution in [1.29, 1.82) is 0 Å². The predicted octanol–water partition coefficient (Wildman–Crippen LogP) is 0.659. The summed E-state index contributed by atoms with van der Waals surface area (Å²) >= 11 is 0. The fourth-order valence-corrected chi connectivity index (χ4v) is 1.07. The van der Waals surface area contributed by atoms with Gasteiger partial charge in [0.25, 0.3) is 0 Å². The van der Waals surface area contributed by atoms with Crippen LogP contribution in [0.3, 0.4) is 0 Å². The number of methoxy groups -OCH3 is 1. The van der Waals surface area contributed by atoms with Crippen LogP contribution in [-0.4, -0.2) is 25.7 Å². The van der Waals surface area contributed by atoms with Crippen LogP contribution in [0.1, 0.15) is 5.56 Å². The van der Waals surface area contributed by atoms with Gasteiger partial charge in [0.1, 0.15) is 6.54 Å². The van der Waals surface area contributed by atoms with E-state index in [1.54, 1.807) is 0 Å². The Morgan fingerprint density at radius 2 is 1.88 bits per heavy atom.